The van der Waals surface area contributed by atoms with Gasteiger partial charge < -0.3 is 19.4 Å². The van der Waals surface area contributed by atoms with Gasteiger partial charge in [-0.05, 0) is 20.8 Å². The number of nitrogens with zero attached hydrogens (tertiary/aromatic N) is 1. The molecule has 0 spiro atoms. The molecule has 0 radical (unpaired) electrons. The van der Waals surface area contributed by atoms with Crippen LogP contribution in [0.3, 0.4) is 0 Å². The molecule has 2 aliphatic rings. The maximum Gasteiger partial charge on any atom is 0.394 e. The molecule has 1 saturated heterocycles. The Morgan fingerprint density at radius 1 is 1.38 bits per heavy atom. The van der Waals surface area contributed by atoms with Crippen LogP contribution >= 0.6 is 11.8 Å². The number of quaternary nitrogens is 1. The molecule has 8 nitrogen and oxygen atoms in total. The first-order chi connectivity index (χ1) is 11.0. The fourth-order valence-electron chi connectivity index (χ4n) is 2.59. The van der Waals surface area contributed by atoms with E-state index in [0.717, 1.165) is 0 Å². The predicted octanol–water partition coefficient (Wildman–Crippen LogP) is 1.09. The zero-order chi connectivity index (χ0) is 18.3. The van der Waals surface area contributed by atoms with Gasteiger partial charge in [-0.15, -0.1) is 0 Å². The van der Waals surface area contributed by atoms with Crippen LogP contribution in [0.5, 0.6) is 0 Å². The van der Waals surface area contributed by atoms with Crippen LogP contribution in [0.4, 0.5) is 0 Å². The van der Waals surface area contributed by atoms with Gasteiger partial charge in [0.25, 0.3) is 0 Å². The quantitative estimate of drug-likeness (QED) is 0.318. The van der Waals surface area contributed by atoms with Crippen molar-refractivity contribution in [2.45, 2.75) is 44.8 Å². The molecule has 9 heteroatoms. The summed E-state index contributed by atoms with van der Waals surface area (Å²) in [6, 6.07) is 0. The Balaban J connectivity index is 2.42. The average Bonchev–Trinajstić information content (AvgIpc) is 2.45. The fraction of sp³-hybridized carbons (Fsp3) is 0.667. The van der Waals surface area contributed by atoms with Gasteiger partial charge in [0.15, 0.2) is 5.37 Å². The number of hydrogen-bond acceptors (Lipinski definition) is 8. The Bertz CT molecular complexity index is 609. The third-order valence-corrected chi connectivity index (χ3v) is 4.98. The average molecular weight is 359 g/mol. The number of esters is 2. The third-order valence-electron chi connectivity index (χ3n) is 3.58. The number of thioether (sulfide) groups is 1. The van der Waals surface area contributed by atoms with Gasteiger partial charge >= 0.3 is 17.8 Å². The lowest BCUT2D eigenvalue weighted by Crippen LogP contribution is -2.75. The van der Waals surface area contributed by atoms with Gasteiger partial charge in [0.2, 0.25) is 11.8 Å². The van der Waals surface area contributed by atoms with Crippen molar-refractivity contribution >= 4 is 29.6 Å². The Morgan fingerprint density at radius 2 is 2.00 bits per heavy atom. The summed E-state index contributed by atoms with van der Waals surface area (Å²) in [6.45, 7) is 5.99. The largest absolute Gasteiger partial charge is 0.619 e. The molecule has 0 aromatic rings. The van der Waals surface area contributed by atoms with E-state index < -0.39 is 39.6 Å². The monoisotopic (exact) mass is 359 g/mol. The molecule has 134 valence electrons. The lowest BCUT2D eigenvalue weighted by atomic mass is 10.0. The molecule has 2 rings (SSSR count). The predicted molar refractivity (Wildman–Crippen MR) is 85.2 cm³/mol. The van der Waals surface area contributed by atoms with E-state index in [4.69, 9.17) is 14.2 Å². The van der Waals surface area contributed by atoms with Crippen molar-refractivity contribution in [3.05, 3.63) is 16.5 Å². The number of ether oxygens (including phenoxy) is 3. The van der Waals surface area contributed by atoms with E-state index >= 15 is 0 Å². The van der Waals surface area contributed by atoms with E-state index in [1.165, 1.54) is 25.8 Å². The molecule has 2 aliphatic heterocycles. The van der Waals surface area contributed by atoms with Crippen LogP contribution in [0, 0.1) is 5.21 Å². The van der Waals surface area contributed by atoms with Crippen molar-refractivity contribution in [3.63, 3.8) is 0 Å². The third kappa shape index (κ3) is 3.21. The SMILES string of the molecule is CO[C@H]1C(=O)[N+]2([O-])C(C(=O)OC(C)(C)C)=C(COC(C)=O)CSC12. The van der Waals surface area contributed by atoms with Crippen LogP contribution in [0.15, 0.2) is 11.3 Å². The van der Waals surface area contributed by atoms with Crippen LogP contribution in [-0.4, -0.2) is 59.0 Å². The van der Waals surface area contributed by atoms with Gasteiger partial charge in [-0.2, -0.15) is 0 Å². The van der Waals surface area contributed by atoms with Gasteiger partial charge in [0.05, 0.1) is 0 Å². The van der Waals surface area contributed by atoms with Crippen molar-refractivity contribution in [1.29, 1.82) is 0 Å². The number of β-lactam (4-membered cyclic amide) rings is 1. The topological polar surface area (TPSA) is 102 Å². The highest BCUT2D eigenvalue weighted by molar-refractivity contribution is 8.00. The molecule has 2 unspecified atom stereocenters. The molecule has 3 atom stereocenters. The standard InChI is InChI=1S/C15H21NO7S/c1-8(17)22-6-9-7-24-13-11(21-5)12(18)16(13,20)10(9)14(19)23-15(2,3)4/h11,13H,6-7H2,1-5H3/t11-,13?,16?/m0/s1. The Morgan fingerprint density at radius 3 is 2.50 bits per heavy atom. The Kier molecular flexibility index (Phi) is 5.10. The highest BCUT2D eigenvalue weighted by Gasteiger charge is 2.66. The Labute approximate surface area is 144 Å². The van der Waals surface area contributed by atoms with E-state index in [1.807, 2.05) is 0 Å². The second-order valence-electron chi connectivity index (χ2n) is 6.59. The number of methoxy groups -OCH3 is 1. The first-order valence-corrected chi connectivity index (χ1v) is 8.45. The first-order valence-electron chi connectivity index (χ1n) is 7.40. The fourth-order valence-corrected chi connectivity index (χ4v) is 4.00. The van der Waals surface area contributed by atoms with Crippen molar-refractivity contribution in [1.82, 2.24) is 0 Å². The van der Waals surface area contributed by atoms with Crippen LogP contribution < -0.4 is 0 Å². The van der Waals surface area contributed by atoms with E-state index in [2.05, 4.69) is 0 Å². The summed E-state index contributed by atoms with van der Waals surface area (Å²) in [5.74, 6) is -1.88. The van der Waals surface area contributed by atoms with Crippen molar-refractivity contribution in [2.24, 2.45) is 0 Å². The Hall–Kier alpha value is -1.42. The van der Waals surface area contributed by atoms with Gasteiger partial charge in [-0.1, -0.05) is 11.8 Å². The summed E-state index contributed by atoms with van der Waals surface area (Å²) in [7, 11) is 1.35. The second-order valence-corrected chi connectivity index (χ2v) is 7.69. The number of carbonyl (C=O) groups is 3. The molecule has 1 amide bonds. The number of rotatable bonds is 4. The van der Waals surface area contributed by atoms with Crippen molar-refractivity contribution in [2.75, 3.05) is 19.5 Å². The lowest BCUT2D eigenvalue weighted by molar-refractivity contribution is -0.812. The van der Waals surface area contributed by atoms with Gasteiger partial charge in [-0.3, -0.25) is 4.79 Å². The van der Waals surface area contributed by atoms with Crippen molar-refractivity contribution in [3.8, 4) is 0 Å². The summed E-state index contributed by atoms with van der Waals surface area (Å²) in [6.07, 6.45) is -0.861. The van der Waals surface area contributed by atoms with Gasteiger partial charge in [0, 0.05) is 25.4 Å². The van der Waals surface area contributed by atoms with E-state index in [9.17, 15) is 19.6 Å². The zero-order valence-corrected chi connectivity index (χ0v) is 15.1. The summed E-state index contributed by atoms with van der Waals surface area (Å²) < 4.78 is 13.8. The summed E-state index contributed by atoms with van der Waals surface area (Å²) >= 11 is 1.20. The molecule has 0 saturated carbocycles. The molecule has 0 N–H and O–H groups in total. The van der Waals surface area contributed by atoms with Crippen LogP contribution in [-0.2, 0) is 28.6 Å². The van der Waals surface area contributed by atoms with E-state index in [0.29, 0.717) is 5.57 Å². The highest BCUT2D eigenvalue weighted by atomic mass is 32.2. The summed E-state index contributed by atoms with van der Waals surface area (Å²) in [5.41, 5.74) is -0.836. The number of amides is 1. The van der Waals surface area contributed by atoms with E-state index in [1.54, 1.807) is 20.8 Å². The first kappa shape index (κ1) is 18.9. The van der Waals surface area contributed by atoms with E-state index in [-0.39, 0.29) is 18.1 Å². The van der Waals surface area contributed by atoms with Gasteiger partial charge in [-0.25, -0.2) is 14.2 Å². The highest BCUT2D eigenvalue weighted by Crippen LogP contribution is 2.48. The molecule has 2 heterocycles. The minimum atomic E-state index is -1.44. The molecule has 0 aromatic heterocycles. The minimum Gasteiger partial charge on any atom is -0.619 e. The summed E-state index contributed by atoms with van der Waals surface area (Å²) in [4.78, 5) is 35.9. The number of hydroxylamine groups is 3. The zero-order valence-electron chi connectivity index (χ0n) is 14.3. The maximum atomic E-state index is 13.1. The minimum absolute atomic E-state index is 0.225. The molecular formula is C15H21NO7S. The van der Waals surface area contributed by atoms with Crippen LogP contribution in [0.2, 0.25) is 0 Å². The number of hydrogen-bond donors (Lipinski definition) is 0. The molecule has 24 heavy (non-hydrogen) atoms. The number of carbonyl (C=O) groups excluding carboxylic acids is 3. The summed E-state index contributed by atoms with van der Waals surface area (Å²) in [5, 5.41) is 12.4. The normalized spacial score (nSPS) is 29.7. The second kappa shape index (κ2) is 6.47. The molecule has 0 bridgehead atoms. The maximum absolute atomic E-state index is 13.1. The lowest BCUT2D eigenvalue weighted by Gasteiger charge is -2.57. The molecule has 0 aliphatic carbocycles. The van der Waals surface area contributed by atoms with Gasteiger partial charge in [0.1, 0.15) is 12.2 Å². The number of fused-ring (bicyclic) bond motifs is 1. The van der Waals surface area contributed by atoms with Crippen molar-refractivity contribution < 1.29 is 33.2 Å². The van der Waals surface area contributed by atoms with Crippen LogP contribution in [0.25, 0.3) is 0 Å². The molecular weight excluding hydrogens is 338 g/mol. The smallest absolute Gasteiger partial charge is 0.394 e. The molecule has 1 fully saturated rings. The molecule has 0 aromatic carbocycles. The van der Waals surface area contributed by atoms with Crippen LogP contribution in [0.1, 0.15) is 27.7 Å².